The molecule has 234 valence electrons. The summed E-state index contributed by atoms with van der Waals surface area (Å²) in [4.78, 5) is 26.5. The van der Waals surface area contributed by atoms with Gasteiger partial charge in [0.15, 0.2) is 0 Å². The fourth-order valence-corrected chi connectivity index (χ4v) is 6.28. The average Bonchev–Trinajstić information content (AvgIpc) is 3.08. The van der Waals surface area contributed by atoms with Crippen molar-refractivity contribution in [2.24, 2.45) is 0 Å². The number of hydrogen-bond acceptors (Lipinski definition) is 9. The lowest BCUT2D eigenvalue weighted by atomic mass is 9.93. The van der Waals surface area contributed by atoms with Crippen LogP contribution in [0.3, 0.4) is 0 Å². The molecular weight excluding hydrogens is 600 g/mol. The van der Waals surface area contributed by atoms with Gasteiger partial charge in [-0.1, -0.05) is 30.3 Å². The van der Waals surface area contributed by atoms with Crippen LogP contribution in [0.5, 0.6) is 23.0 Å². The van der Waals surface area contributed by atoms with E-state index in [0.29, 0.717) is 82.2 Å². The maximum absolute atomic E-state index is 13.4. The summed E-state index contributed by atoms with van der Waals surface area (Å²) in [5.74, 6) is 0.738. The van der Waals surface area contributed by atoms with Crippen molar-refractivity contribution in [3.63, 3.8) is 0 Å². The Hall–Kier alpha value is -5.80. The second kappa shape index (κ2) is 11.5. The second-order valence-electron chi connectivity index (χ2n) is 11.6. The van der Waals surface area contributed by atoms with E-state index in [2.05, 4.69) is 0 Å². The van der Waals surface area contributed by atoms with E-state index >= 15 is 0 Å². The highest BCUT2D eigenvalue weighted by Gasteiger charge is 2.22. The largest absolute Gasteiger partial charge is 0.508 e. The zero-order valence-electron chi connectivity index (χ0n) is 25.0. The minimum atomic E-state index is -0.614. The van der Waals surface area contributed by atoms with Crippen molar-refractivity contribution in [2.75, 3.05) is 13.2 Å². The van der Waals surface area contributed by atoms with Gasteiger partial charge in [-0.3, -0.25) is 0 Å². The average molecular weight is 629 g/mol. The van der Waals surface area contributed by atoms with Gasteiger partial charge in [-0.05, 0) is 59.7 Å². The highest BCUT2D eigenvalue weighted by Crippen LogP contribution is 2.43. The molecule has 5 aromatic carbocycles. The van der Waals surface area contributed by atoms with Crippen LogP contribution in [0.2, 0.25) is 0 Å². The first-order valence-electron chi connectivity index (χ1n) is 15.3. The Bertz CT molecular complexity index is 2440. The fraction of sp³-hybridized carbons (Fsp3) is 0.158. The van der Waals surface area contributed by atoms with Crippen molar-refractivity contribution in [1.29, 1.82) is 0 Å². The number of aromatic hydroxyl groups is 2. The Morgan fingerprint density at radius 2 is 1.38 bits per heavy atom. The van der Waals surface area contributed by atoms with Gasteiger partial charge in [0.1, 0.15) is 46.9 Å². The van der Waals surface area contributed by atoms with Crippen LogP contribution >= 0.6 is 0 Å². The minimum absolute atomic E-state index is 0.0526. The van der Waals surface area contributed by atoms with Crippen molar-refractivity contribution in [3.05, 3.63) is 117 Å². The Balaban J connectivity index is 1.32. The first-order chi connectivity index (χ1) is 22.9. The Kier molecular flexibility index (Phi) is 7.03. The molecule has 0 bridgehead atoms. The molecule has 9 heteroatoms. The monoisotopic (exact) mass is 628 g/mol. The standard InChI is InChI=1S/C38H28O9/c39-22-6-8-27-34(14-22)46-38(42)32-17-25(45-23-10-12-43-13-11-23)16-30(36(27)32)28-18-29-26-9-7-24(44-20-21-4-2-1-3-5-21)15-31(26)37(41)47-35(29)19-33(28)40/h1-9,14-19,23,39-40H,10-13,20H2. The maximum Gasteiger partial charge on any atom is 0.344 e. The van der Waals surface area contributed by atoms with Crippen molar-refractivity contribution in [3.8, 4) is 34.1 Å². The molecule has 1 aliphatic rings. The van der Waals surface area contributed by atoms with Gasteiger partial charge in [0, 0.05) is 52.1 Å². The van der Waals surface area contributed by atoms with E-state index in [0.717, 1.165) is 5.56 Å². The quantitative estimate of drug-likeness (QED) is 0.143. The van der Waals surface area contributed by atoms with E-state index in [4.69, 9.17) is 23.0 Å². The summed E-state index contributed by atoms with van der Waals surface area (Å²) in [6.07, 6.45) is 1.28. The highest BCUT2D eigenvalue weighted by molar-refractivity contribution is 6.15. The summed E-state index contributed by atoms with van der Waals surface area (Å²) < 4.78 is 29.1. The smallest absolute Gasteiger partial charge is 0.344 e. The van der Waals surface area contributed by atoms with Crippen molar-refractivity contribution in [1.82, 2.24) is 0 Å². The lowest BCUT2D eigenvalue weighted by Crippen LogP contribution is -2.25. The minimum Gasteiger partial charge on any atom is -0.508 e. The van der Waals surface area contributed by atoms with Crippen LogP contribution in [0.25, 0.3) is 54.6 Å². The Morgan fingerprint density at radius 1 is 0.660 bits per heavy atom. The van der Waals surface area contributed by atoms with E-state index in [1.165, 1.54) is 18.2 Å². The summed E-state index contributed by atoms with van der Waals surface area (Å²) in [5, 5.41) is 24.4. The molecule has 8 rings (SSSR count). The predicted molar refractivity (Wildman–Crippen MR) is 178 cm³/mol. The molecule has 1 fully saturated rings. The SMILES string of the molecule is O=c1oc2cc(O)c(-c3cc(OC4CCOCC4)cc4c(=O)oc5cc(O)ccc5c34)cc2c2ccc(OCc3ccccc3)cc12. The predicted octanol–water partition coefficient (Wildman–Crippen LogP) is 7.42. The van der Waals surface area contributed by atoms with Gasteiger partial charge < -0.3 is 33.3 Å². The lowest BCUT2D eigenvalue weighted by molar-refractivity contribution is 0.0256. The number of benzene rings is 5. The molecular formula is C38H28O9. The van der Waals surface area contributed by atoms with Crippen molar-refractivity contribution < 1.29 is 33.3 Å². The Labute approximate surface area is 266 Å². The van der Waals surface area contributed by atoms with E-state index in [9.17, 15) is 19.8 Å². The molecule has 0 unspecified atom stereocenters. The molecule has 9 nitrogen and oxygen atoms in total. The molecule has 3 heterocycles. The first kappa shape index (κ1) is 28.7. The van der Waals surface area contributed by atoms with Crippen LogP contribution in [-0.2, 0) is 11.3 Å². The number of phenols is 2. The van der Waals surface area contributed by atoms with Gasteiger partial charge in [0.25, 0.3) is 0 Å². The molecule has 0 radical (unpaired) electrons. The van der Waals surface area contributed by atoms with Crippen LogP contribution in [0.1, 0.15) is 18.4 Å². The lowest BCUT2D eigenvalue weighted by Gasteiger charge is -2.24. The van der Waals surface area contributed by atoms with Crippen molar-refractivity contribution in [2.45, 2.75) is 25.6 Å². The number of phenolic OH excluding ortho intramolecular Hbond substituents is 2. The van der Waals surface area contributed by atoms with Crippen LogP contribution in [0, 0.1) is 0 Å². The fourth-order valence-electron chi connectivity index (χ4n) is 6.28. The molecule has 2 aromatic heterocycles. The van der Waals surface area contributed by atoms with E-state index in [1.54, 1.807) is 42.5 Å². The van der Waals surface area contributed by atoms with E-state index in [1.807, 2.05) is 30.3 Å². The van der Waals surface area contributed by atoms with Gasteiger partial charge >= 0.3 is 11.3 Å². The molecule has 0 spiro atoms. The first-order valence-corrected chi connectivity index (χ1v) is 15.3. The molecule has 7 aromatic rings. The molecule has 0 aliphatic carbocycles. The van der Waals surface area contributed by atoms with Crippen LogP contribution in [0.4, 0.5) is 0 Å². The van der Waals surface area contributed by atoms with Gasteiger partial charge in [0.05, 0.1) is 24.0 Å². The van der Waals surface area contributed by atoms with E-state index in [-0.39, 0.29) is 34.2 Å². The molecule has 2 N–H and O–H groups in total. The van der Waals surface area contributed by atoms with Crippen LogP contribution in [0.15, 0.2) is 109 Å². The van der Waals surface area contributed by atoms with Crippen molar-refractivity contribution >= 4 is 43.5 Å². The summed E-state index contributed by atoms with van der Waals surface area (Å²) in [7, 11) is 0. The van der Waals surface area contributed by atoms with Gasteiger partial charge in [-0.15, -0.1) is 0 Å². The normalized spacial score (nSPS) is 13.9. The third-order valence-electron chi connectivity index (χ3n) is 8.58. The maximum atomic E-state index is 13.4. The third-order valence-corrected chi connectivity index (χ3v) is 8.58. The Morgan fingerprint density at radius 3 is 2.19 bits per heavy atom. The highest BCUT2D eigenvalue weighted by atomic mass is 16.5. The van der Waals surface area contributed by atoms with Crippen LogP contribution < -0.4 is 20.7 Å². The molecule has 0 saturated carbocycles. The number of rotatable bonds is 6. The van der Waals surface area contributed by atoms with E-state index < -0.39 is 11.3 Å². The zero-order chi connectivity index (χ0) is 32.1. The zero-order valence-corrected chi connectivity index (χ0v) is 25.0. The summed E-state index contributed by atoms with van der Waals surface area (Å²) >= 11 is 0. The topological polar surface area (TPSA) is 129 Å². The molecule has 1 aliphatic heterocycles. The molecule has 1 saturated heterocycles. The molecule has 0 amide bonds. The van der Waals surface area contributed by atoms with Gasteiger partial charge in [-0.2, -0.15) is 0 Å². The number of fused-ring (bicyclic) bond motifs is 6. The molecule has 0 atom stereocenters. The van der Waals surface area contributed by atoms with Gasteiger partial charge in [0.2, 0.25) is 0 Å². The molecule has 47 heavy (non-hydrogen) atoms. The number of ether oxygens (including phenoxy) is 3. The summed E-state index contributed by atoms with van der Waals surface area (Å²) in [5.41, 5.74) is 1.11. The summed E-state index contributed by atoms with van der Waals surface area (Å²) in [6.45, 7) is 1.48. The number of hydrogen-bond donors (Lipinski definition) is 2. The summed E-state index contributed by atoms with van der Waals surface area (Å²) in [6, 6.07) is 26.1. The van der Waals surface area contributed by atoms with Crippen LogP contribution in [-0.4, -0.2) is 29.5 Å². The third kappa shape index (κ3) is 5.30. The van der Waals surface area contributed by atoms with Gasteiger partial charge in [-0.25, -0.2) is 9.59 Å². The second-order valence-corrected chi connectivity index (χ2v) is 11.6.